The molecular formula is C21H36. The van der Waals surface area contributed by atoms with E-state index in [1.807, 2.05) is 41.5 Å². The lowest BCUT2D eigenvalue weighted by molar-refractivity contribution is 0.121. The zero-order valence-electron chi connectivity index (χ0n) is 15.0. The highest BCUT2D eigenvalue weighted by molar-refractivity contribution is 5.25. The molecule has 0 nitrogen and oxygen atoms in total. The van der Waals surface area contributed by atoms with Crippen molar-refractivity contribution in [3.63, 3.8) is 0 Å². The first kappa shape index (κ1) is 16.8. The lowest BCUT2D eigenvalue weighted by Crippen LogP contribution is -2.34. The van der Waals surface area contributed by atoms with E-state index in [4.69, 9.17) is 0 Å². The minimum absolute atomic E-state index is 0.991. The molecule has 0 aliphatic heterocycles. The van der Waals surface area contributed by atoms with E-state index in [9.17, 15) is 0 Å². The smallest absolute Gasteiger partial charge is 0.0168 e. The predicted molar refractivity (Wildman–Crippen MR) is 94.1 cm³/mol. The molecule has 0 heterocycles. The molecule has 5 aliphatic carbocycles. The van der Waals surface area contributed by atoms with Gasteiger partial charge >= 0.3 is 0 Å². The molecule has 120 valence electrons. The maximum atomic E-state index is 2.57. The minimum Gasteiger partial charge on any atom is -0.0879 e. The Hall–Kier alpha value is -0.520. The summed E-state index contributed by atoms with van der Waals surface area (Å²) in [5.74, 6) is 8.48. The topological polar surface area (TPSA) is 0 Å². The van der Waals surface area contributed by atoms with E-state index in [2.05, 4.69) is 24.3 Å². The van der Waals surface area contributed by atoms with Gasteiger partial charge in [0.05, 0.1) is 0 Å². The van der Waals surface area contributed by atoms with Crippen LogP contribution in [0.2, 0.25) is 0 Å². The molecular weight excluding hydrogens is 252 g/mol. The van der Waals surface area contributed by atoms with Crippen molar-refractivity contribution < 1.29 is 0 Å². The molecule has 3 saturated carbocycles. The molecule has 21 heavy (non-hydrogen) atoms. The number of hydrogen-bond donors (Lipinski definition) is 0. The van der Waals surface area contributed by atoms with Gasteiger partial charge in [0.15, 0.2) is 0 Å². The molecule has 0 amide bonds. The maximum Gasteiger partial charge on any atom is -0.0168 e. The molecule has 5 aliphatic rings. The van der Waals surface area contributed by atoms with Crippen molar-refractivity contribution in [3.05, 3.63) is 24.3 Å². The molecule has 8 unspecified atom stereocenters. The van der Waals surface area contributed by atoms with Crippen LogP contribution in [0.4, 0.5) is 0 Å². The van der Waals surface area contributed by atoms with E-state index >= 15 is 0 Å². The summed E-state index contributed by atoms with van der Waals surface area (Å²) in [5.41, 5.74) is 0. The number of hydrogen-bond acceptors (Lipinski definition) is 0. The van der Waals surface area contributed by atoms with Gasteiger partial charge in [-0.15, -0.1) is 0 Å². The van der Waals surface area contributed by atoms with Crippen LogP contribution in [-0.4, -0.2) is 0 Å². The van der Waals surface area contributed by atoms with Gasteiger partial charge in [-0.1, -0.05) is 65.8 Å². The van der Waals surface area contributed by atoms with Crippen molar-refractivity contribution in [2.75, 3.05) is 0 Å². The van der Waals surface area contributed by atoms with Crippen molar-refractivity contribution in [1.82, 2.24) is 0 Å². The van der Waals surface area contributed by atoms with Gasteiger partial charge in [0, 0.05) is 0 Å². The summed E-state index contributed by atoms with van der Waals surface area (Å²) in [5, 5.41) is 0. The van der Waals surface area contributed by atoms with Crippen LogP contribution in [0.3, 0.4) is 0 Å². The second kappa shape index (κ2) is 7.16. The zero-order valence-corrected chi connectivity index (χ0v) is 15.0. The third kappa shape index (κ3) is 2.34. The van der Waals surface area contributed by atoms with Crippen LogP contribution in [0.1, 0.15) is 60.8 Å². The highest BCUT2D eigenvalue weighted by Crippen LogP contribution is 2.70. The summed E-state index contributed by atoms with van der Waals surface area (Å²) >= 11 is 0. The van der Waals surface area contributed by atoms with Crippen LogP contribution in [0.15, 0.2) is 24.3 Å². The Kier molecular flexibility index (Phi) is 5.74. The highest BCUT2D eigenvalue weighted by Gasteiger charge is 2.64. The molecule has 3 fully saturated rings. The Morgan fingerprint density at radius 2 is 1.19 bits per heavy atom. The molecule has 0 saturated heterocycles. The first-order valence-corrected chi connectivity index (χ1v) is 9.78. The molecule has 0 aromatic heterocycles. The van der Waals surface area contributed by atoms with E-state index in [1.165, 1.54) is 12.8 Å². The predicted octanol–water partition coefficient (Wildman–Crippen LogP) is 6.35. The Morgan fingerprint density at radius 1 is 0.619 bits per heavy atom. The van der Waals surface area contributed by atoms with Gasteiger partial charge in [0.1, 0.15) is 0 Å². The van der Waals surface area contributed by atoms with Gasteiger partial charge in [0.25, 0.3) is 0 Å². The molecule has 0 N–H and O–H groups in total. The van der Waals surface area contributed by atoms with Crippen molar-refractivity contribution in [3.8, 4) is 0 Å². The van der Waals surface area contributed by atoms with Gasteiger partial charge in [-0.25, -0.2) is 0 Å². The monoisotopic (exact) mass is 288 g/mol. The summed E-state index contributed by atoms with van der Waals surface area (Å²) in [4.78, 5) is 0. The van der Waals surface area contributed by atoms with Crippen molar-refractivity contribution in [2.24, 2.45) is 47.3 Å². The third-order valence-corrected chi connectivity index (χ3v) is 6.42. The standard InChI is InChI=1S/C15H18.3C2H6/c1-2-10-11(3-1)13-7-12(10)14-8-4-5-9(6-8)15(13)14;3*1-2/h1-2,4-5,8-15H,3,6-7H2;3*1-2H3. The highest BCUT2D eigenvalue weighted by atomic mass is 14.7. The Morgan fingerprint density at radius 3 is 1.81 bits per heavy atom. The first-order chi connectivity index (χ1) is 10.4. The molecule has 0 aromatic carbocycles. The van der Waals surface area contributed by atoms with Gasteiger partial charge < -0.3 is 0 Å². The normalized spacial score (nSPS) is 48.5. The molecule has 5 rings (SSSR count). The molecule has 0 heteroatoms. The fourth-order valence-corrected chi connectivity index (χ4v) is 6.22. The van der Waals surface area contributed by atoms with Crippen LogP contribution in [0.25, 0.3) is 0 Å². The lowest BCUT2D eigenvalue weighted by Gasteiger charge is -2.38. The fourth-order valence-electron chi connectivity index (χ4n) is 6.22. The largest absolute Gasteiger partial charge is 0.0879 e. The average molecular weight is 289 g/mol. The van der Waals surface area contributed by atoms with Gasteiger partial charge in [-0.05, 0) is 66.6 Å². The number of allylic oxidation sites excluding steroid dienone is 4. The van der Waals surface area contributed by atoms with Crippen molar-refractivity contribution in [1.29, 1.82) is 0 Å². The number of fused-ring (bicyclic) bond motifs is 12. The van der Waals surface area contributed by atoms with E-state index in [0.717, 1.165) is 47.3 Å². The maximum absolute atomic E-state index is 2.57. The summed E-state index contributed by atoms with van der Waals surface area (Å²) in [6.45, 7) is 12.0. The lowest BCUT2D eigenvalue weighted by atomic mass is 9.66. The molecule has 0 aromatic rings. The van der Waals surface area contributed by atoms with Crippen LogP contribution in [-0.2, 0) is 0 Å². The quantitative estimate of drug-likeness (QED) is 0.360. The minimum atomic E-state index is 0.991. The second-order valence-electron chi connectivity index (χ2n) is 6.57. The van der Waals surface area contributed by atoms with E-state index in [1.54, 1.807) is 6.42 Å². The van der Waals surface area contributed by atoms with Crippen LogP contribution >= 0.6 is 0 Å². The van der Waals surface area contributed by atoms with Crippen LogP contribution in [0.5, 0.6) is 0 Å². The molecule has 0 spiro atoms. The Labute approximate surface area is 133 Å². The van der Waals surface area contributed by atoms with Gasteiger partial charge in [-0.2, -0.15) is 0 Å². The van der Waals surface area contributed by atoms with Crippen molar-refractivity contribution >= 4 is 0 Å². The van der Waals surface area contributed by atoms with Crippen molar-refractivity contribution in [2.45, 2.75) is 60.8 Å². The third-order valence-electron chi connectivity index (χ3n) is 6.42. The first-order valence-electron chi connectivity index (χ1n) is 9.78. The van der Waals surface area contributed by atoms with E-state index < -0.39 is 0 Å². The summed E-state index contributed by atoms with van der Waals surface area (Å²) < 4.78 is 0. The van der Waals surface area contributed by atoms with Gasteiger partial charge in [0.2, 0.25) is 0 Å². The molecule has 0 radical (unpaired) electrons. The Balaban J connectivity index is 0.000000244. The Bertz CT molecular complexity index is 377. The van der Waals surface area contributed by atoms with E-state index in [0.29, 0.717) is 0 Å². The molecule has 4 bridgehead atoms. The second-order valence-corrected chi connectivity index (χ2v) is 6.57. The summed E-state index contributed by atoms with van der Waals surface area (Å²) in [6.07, 6.45) is 14.7. The summed E-state index contributed by atoms with van der Waals surface area (Å²) in [7, 11) is 0. The fraction of sp³-hybridized carbons (Fsp3) is 0.810. The number of rotatable bonds is 0. The molecule has 8 atom stereocenters. The zero-order chi connectivity index (χ0) is 15.6. The van der Waals surface area contributed by atoms with Gasteiger partial charge in [-0.3, -0.25) is 0 Å². The average Bonchev–Trinajstić information content (AvgIpc) is 3.34. The summed E-state index contributed by atoms with van der Waals surface area (Å²) in [6, 6.07) is 0. The van der Waals surface area contributed by atoms with Crippen LogP contribution in [0, 0.1) is 47.3 Å². The van der Waals surface area contributed by atoms with Crippen LogP contribution < -0.4 is 0 Å². The van der Waals surface area contributed by atoms with E-state index in [-0.39, 0.29) is 0 Å². The SMILES string of the molecule is C1=CC2C(C1)C1CC2C2C3C=CC(C3)C12.CC.CC.CC.